The lowest BCUT2D eigenvalue weighted by Gasteiger charge is -2.23. The molecule has 0 spiro atoms. The van der Waals surface area contributed by atoms with Crippen LogP contribution in [0.1, 0.15) is 441 Å². The van der Waals surface area contributed by atoms with Crippen molar-refractivity contribution in [3.63, 3.8) is 0 Å². The Morgan fingerprint density at radius 2 is 0.613 bits per heavy atom. The highest BCUT2D eigenvalue weighted by atomic mass is 31.2. The molecule has 0 aromatic rings. The van der Waals surface area contributed by atoms with E-state index in [1.807, 2.05) is 13.8 Å². The van der Waals surface area contributed by atoms with E-state index in [-0.39, 0.29) is 76.7 Å². The predicted octanol–water partition coefficient (Wildman–Crippen LogP) is 26.6. The number of unbranched alkanes of at least 4 members (excludes halogenated alkanes) is 44. The van der Waals surface area contributed by atoms with Gasteiger partial charge in [0.2, 0.25) is 11.8 Å². The van der Waals surface area contributed by atoms with Crippen molar-refractivity contribution < 1.29 is 79.9 Å². The highest BCUT2D eigenvalue weighted by molar-refractivity contribution is 7.48. The maximum Gasteiger partial charge on any atom is 0.475 e. The molecule has 0 rings (SSSR count). The van der Waals surface area contributed by atoms with Crippen LogP contribution < -0.4 is 10.6 Å². The highest BCUT2D eigenvalue weighted by Crippen LogP contribution is 2.50. The van der Waals surface area contributed by atoms with Gasteiger partial charge in [-0.1, -0.05) is 356 Å². The number of aliphatic hydroxyl groups excluding tert-OH is 1. The van der Waals surface area contributed by atoms with Crippen LogP contribution in [0.15, 0.2) is 25.3 Å². The molecule has 0 aromatic carbocycles. The number of aliphatic hydroxyl groups is 1. The van der Waals surface area contributed by atoms with Crippen molar-refractivity contribution in [2.75, 3.05) is 66.1 Å². The second-order valence-electron chi connectivity index (χ2n) is 30.9. The zero-order valence-electron chi connectivity index (χ0n) is 73.3. The number of aliphatic carboxylic acids is 1. The second-order valence-corrected chi connectivity index (χ2v) is 34.2. The Hall–Kier alpha value is -2.54. The first-order chi connectivity index (χ1) is 54.0. The molecular formula is C90H178N2O17P2. The van der Waals surface area contributed by atoms with Gasteiger partial charge < -0.3 is 35.1 Å². The van der Waals surface area contributed by atoms with Crippen LogP contribution in [0.4, 0.5) is 0 Å². The Labute approximate surface area is 682 Å². The fraction of sp³-hybridized carbons (Fsp3) is 0.911. The van der Waals surface area contributed by atoms with Gasteiger partial charge in [0.15, 0.2) is 0 Å². The fourth-order valence-corrected chi connectivity index (χ4v) is 15.3. The number of esters is 1. The maximum atomic E-state index is 13.3. The second kappa shape index (κ2) is 89.8. The molecule has 19 nitrogen and oxygen atoms in total. The van der Waals surface area contributed by atoms with Crippen molar-refractivity contribution in [1.82, 2.24) is 10.6 Å². The molecule has 0 aromatic heterocycles. The highest BCUT2D eigenvalue weighted by Gasteiger charge is 2.30. The molecule has 660 valence electrons. The van der Waals surface area contributed by atoms with Gasteiger partial charge in [0.1, 0.15) is 6.10 Å². The number of carboxylic acid groups (broad SMARTS) is 1. The fourth-order valence-electron chi connectivity index (χ4n) is 12.7. The number of carbonyl (C=O) groups excluding carboxylic acids is 3. The minimum atomic E-state index is -3.85. The summed E-state index contributed by atoms with van der Waals surface area (Å²) in [5, 5.41) is 24.7. The van der Waals surface area contributed by atoms with Crippen LogP contribution in [-0.2, 0) is 69.7 Å². The van der Waals surface area contributed by atoms with E-state index >= 15 is 0 Å². The summed E-state index contributed by atoms with van der Waals surface area (Å²) in [6.45, 7) is 25.8. The molecule has 0 aliphatic heterocycles. The number of hydrogen-bond donors (Lipinski definition) is 4. The van der Waals surface area contributed by atoms with E-state index in [4.69, 9.17) is 46.5 Å². The third kappa shape index (κ3) is 86.6. The zero-order chi connectivity index (χ0) is 82.3. The van der Waals surface area contributed by atoms with Crippen molar-refractivity contribution in [1.29, 1.82) is 0 Å². The van der Waals surface area contributed by atoms with E-state index in [9.17, 15) is 33.4 Å². The molecule has 0 radical (unpaired) electrons. The monoisotopic (exact) mass is 1620 g/mol. The lowest BCUT2D eigenvalue weighted by molar-refractivity contribution is -0.150. The Morgan fingerprint density at radius 1 is 0.324 bits per heavy atom. The number of hydrogen-bond acceptors (Lipinski definition) is 16. The average Bonchev–Trinajstić information content (AvgIpc) is 0.889. The molecule has 0 aliphatic rings. The molecule has 0 heterocycles. The van der Waals surface area contributed by atoms with Gasteiger partial charge in [0.25, 0.3) is 0 Å². The van der Waals surface area contributed by atoms with Gasteiger partial charge in [0.05, 0.1) is 77.6 Å². The Bertz CT molecular complexity index is 2110. The molecule has 0 bridgehead atoms. The van der Waals surface area contributed by atoms with Crippen molar-refractivity contribution >= 4 is 39.4 Å². The molecule has 0 fully saturated rings. The Balaban J connectivity index is -0.00000183. The summed E-state index contributed by atoms with van der Waals surface area (Å²) in [7, 11) is -7.64. The molecule has 21 heteroatoms. The zero-order valence-corrected chi connectivity index (χ0v) is 75.1. The molecule has 4 N–H and O–H groups in total. The SMILES string of the molecule is C=CCOP(=O)(OCCC)OC[C@@H](COCC[C@@H](CCCCCCC)OC(=O)CCCCCCCCCCC)NC(=O)CCCCCCCCCCCCC.C=CCOP(=O)(OCCC)OC[C@@H](COCC[C@H](O)CCCCCCC)NC(=O)CCCCCCCCCCCCC.CCCCCCCCCCCC(=O)O. The molecule has 111 heavy (non-hydrogen) atoms. The average molecular weight is 1620 g/mol. The van der Waals surface area contributed by atoms with E-state index in [2.05, 4.69) is 65.3 Å². The summed E-state index contributed by atoms with van der Waals surface area (Å²) < 4.78 is 76.9. The molecule has 2 unspecified atom stereocenters. The van der Waals surface area contributed by atoms with Crippen LogP contribution >= 0.6 is 15.6 Å². The van der Waals surface area contributed by atoms with Crippen LogP contribution in [0.25, 0.3) is 0 Å². The summed E-state index contributed by atoms with van der Waals surface area (Å²) in [6.07, 6.45) is 68.5. The first-order valence-corrected chi connectivity index (χ1v) is 49.1. The van der Waals surface area contributed by atoms with E-state index in [1.54, 1.807) is 0 Å². The number of phosphoric acid groups is 2. The minimum absolute atomic E-state index is 0.0189. The number of carboxylic acids is 1. The third-order valence-electron chi connectivity index (χ3n) is 19.6. The van der Waals surface area contributed by atoms with Crippen molar-refractivity contribution in [2.45, 2.75) is 465 Å². The molecule has 0 saturated heterocycles. The van der Waals surface area contributed by atoms with Gasteiger partial charge in [-0.2, -0.15) is 0 Å². The van der Waals surface area contributed by atoms with Gasteiger partial charge in [0, 0.05) is 38.7 Å². The summed E-state index contributed by atoms with van der Waals surface area (Å²) >= 11 is 0. The summed E-state index contributed by atoms with van der Waals surface area (Å²) in [5.41, 5.74) is 0. The summed E-state index contributed by atoms with van der Waals surface area (Å²) in [6, 6.07) is -1.06. The van der Waals surface area contributed by atoms with Crippen molar-refractivity contribution in [3.05, 3.63) is 25.3 Å². The van der Waals surface area contributed by atoms with Gasteiger partial charge in [-0.15, -0.1) is 13.2 Å². The van der Waals surface area contributed by atoms with Crippen LogP contribution in [0.2, 0.25) is 0 Å². The van der Waals surface area contributed by atoms with Crippen LogP contribution in [0, 0.1) is 0 Å². The summed E-state index contributed by atoms with van der Waals surface area (Å²) in [5.74, 6) is -0.941. The first kappa shape index (κ1) is 113. The van der Waals surface area contributed by atoms with Crippen molar-refractivity contribution in [3.8, 4) is 0 Å². The maximum absolute atomic E-state index is 13.3. The van der Waals surface area contributed by atoms with Gasteiger partial charge in [-0.05, 0) is 64.2 Å². The number of ether oxygens (including phenoxy) is 3. The molecule has 0 aliphatic carbocycles. The quantitative estimate of drug-likeness (QED) is 0.0191. The van der Waals surface area contributed by atoms with Gasteiger partial charge in [-0.3, -0.25) is 46.3 Å². The lowest BCUT2D eigenvalue weighted by atomic mass is 10.1. The molecule has 6 atom stereocenters. The Morgan fingerprint density at radius 3 is 0.928 bits per heavy atom. The number of nitrogens with one attached hydrogen (secondary N) is 2. The Kier molecular flexibility index (Phi) is 91.1. The lowest BCUT2D eigenvalue weighted by Crippen LogP contribution is -2.41. The number of carbonyl (C=O) groups is 4. The topological polar surface area (TPSA) is 250 Å². The van der Waals surface area contributed by atoms with E-state index in [1.165, 1.54) is 243 Å². The molecule has 0 saturated carbocycles. The van der Waals surface area contributed by atoms with Crippen molar-refractivity contribution in [2.24, 2.45) is 0 Å². The number of phosphoric ester groups is 2. The minimum Gasteiger partial charge on any atom is -0.481 e. The standard InChI is InChI=1S/C45H88NO8P.C33H66NO7P.C12H24O2/c1-6-11-14-17-19-21-22-24-25-28-31-34-44(47)46-42(41-53-55(49,51-37-9-4)52-38-10-5)40-50-39-36-43(33-30-27-16-13-8-3)54-45(48)35-32-29-26-23-20-18-15-12-7-2;1-5-9-11-13-14-15-16-17-18-20-22-24-33(36)34-31(30-41-42(37,39-26-7-3)40-27-8-4)29-38-28-25-32(35)23-21-19-12-10-6-2;1-2-3-4-5-6-7-8-9-10-11-12(13)14/h9,42-43H,4,6-8,10-41H2,1-3,5H3,(H,46,47);7,31-32,35H,3,5-6,8-30H2,1-2,4H3,(H,34,36);2-11H2,1H3,(H,13,14)/t42-,43-,55?;31-,32-,42?;/m11./s1. The number of rotatable bonds is 87. The molecular weight excluding hydrogens is 1440 g/mol. The van der Waals surface area contributed by atoms with E-state index in [0.717, 1.165) is 103 Å². The van der Waals surface area contributed by atoms with E-state index < -0.39 is 39.8 Å². The van der Waals surface area contributed by atoms with Crippen LogP contribution in [-0.4, -0.2) is 124 Å². The smallest absolute Gasteiger partial charge is 0.475 e. The first-order valence-electron chi connectivity index (χ1n) is 46.1. The number of amides is 2. The normalized spacial score (nSPS) is 13.5. The third-order valence-corrected chi connectivity index (χ3v) is 22.4. The van der Waals surface area contributed by atoms with E-state index in [0.29, 0.717) is 64.6 Å². The predicted molar refractivity (Wildman–Crippen MR) is 463 cm³/mol. The van der Waals surface area contributed by atoms with Gasteiger partial charge >= 0.3 is 27.6 Å². The van der Waals surface area contributed by atoms with Crippen LogP contribution in [0.5, 0.6) is 0 Å². The molecule has 2 amide bonds. The summed E-state index contributed by atoms with van der Waals surface area (Å²) in [4.78, 5) is 48.7. The van der Waals surface area contributed by atoms with Crippen LogP contribution in [0.3, 0.4) is 0 Å². The van der Waals surface area contributed by atoms with Gasteiger partial charge in [-0.25, -0.2) is 9.13 Å². The largest absolute Gasteiger partial charge is 0.481 e.